The minimum atomic E-state index is -3.63. The van der Waals surface area contributed by atoms with Crippen molar-refractivity contribution in [1.29, 1.82) is 0 Å². The second kappa shape index (κ2) is 22.6. The molecule has 0 aliphatic rings. The smallest absolute Gasteiger partial charge is 1.00 e. The second-order valence-corrected chi connectivity index (χ2v) is 1.50. The van der Waals surface area contributed by atoms with Gasteiger partial charge >= 0.3 is 55.8 Å². The summed E-state index contributed by atoms with van der Waals surface area (Å²) in [5.41, 5.74) is 0. The van der Waals surface area contributed by atoms with Crippen LogP contribution in [-0.4, -0.2) is 18.3 Å². The molecule has 11 heteroatoms. The van der Waals surface area contributed by atoms with Crippen molar-refractivity contribution in [1.82, 2.24) is 0 Å². The zero-order valence-corrected chi connectivity index (χ0v) is 13.5. The first kappa shape index (κ1) is 29.4. The molecule has 11 heavy (non-hydrogen) atoms. The van der Waals surface area contributed by atoms with E-state index in [0.717, 1.165) is 0 Å². The largest absolute Gasteiger partial charge is 4.00 e. The van der Waals surface area contributed by atoms with Crippen molar-refractivity contribution in [3.05, 3.63) is 0 Å². The monoisotopic (exact) mass is 300 g/mol. The van der Waals surface area contributed by atoms with E-state index in [1.165, 1.54) is 0 Å². The van der Waals surface area contributed by atoms with Crippen LogP contribution in [0.4, 0.5) is 0 Å². The van der Waals surface area contributed by atoms with Crippen LogP contribution in [0.15, 0.2) is 0 Å². The molecule has 0 aromatic rings. The molecular formula is H4NaO6PSi2Zr. The minimum absolute atomic E-state index is 0. The maximum atomic E-state index is 8.52. The van der Waals surface area contributed by atoms with Gasteiger partial charge < -0.3 is 29.5 Å². The molecule has 1 unspecified atom stereocenters. The summed E-state index contributed by atoms with van der Waals surface area (Å²) in [6, 6.07) is 0. The van der Waals surface area contributed by atoms with Gasteiger partial charge in [-0.05, 0) is 0 Å². The molecule has 0 spiro atoms. The molecule has 58 valence electrons. The third-order valence-electron chi connectivity index (χ3n) is 0. The van der Waals surface area contributed by atoms with Gasteiger partial charge in [0.2, 0.25) is 0 Å². The molecule has 0 saturated carbocycles. The number of hydrogen-bond acceptors (Lipinski definition) is 6. The van der Waals surface area contributed by atoms with Gasteiger partial charge in [0.25, 0.3) is 0 Å². The van der Waals surface area contributed by atoms with Crippen LogP contribution in [0.25, 0.3) is 0 Å². The first-order chi connectivity index (χ1) is 3.46. The first-order valence-corrected chi connectivity index (χ1v) is 3.67. The van der Waals surface area contributed by atoms with Crippen molar-refractivity contribution >= 4 is 28.2 Å². The van der Waals surface area contributed by atoms with Crippen molar-refractivity contribution in [2.24, 2.45) is 0 Å². The zero-order valence-electron chi connectivity index (χ0n) is 6.66. The van der Waals surface area contributed by atoms with Crippen LogP contribution < -0.4 is 48.7 Å². The topological polar surface area (TPSA) is 126 Å². The Morgan fingerprint density at radius 1 is 0.909 bits per heavy atom. The van der Waals surface area contributed by atoms with Gasteiger partial charge in [0, 0.05) is 18.3 Å². The molecule has 0 fully saturated rings. The Hall–Kier alpha value is 1.55. The van der Waals surface area contributed by atoms with Gasteiger partial charge in [0.1, 0.15) is 0 Å². The van der Waals surface area contributed by atoms with Gasteiger partial charge in [-0.25, -0.2) is 0 Å². The van der Waals surface area contributed by atoms with Gasteiger partial charge in [0.15, 0.2) is 0 Å². The van der Waals surface area contributed by atoms with Gasteiger partial charge in [-0.3, -0.25) is 0 Å². The molecular weight excluding hydrogens is 297 g/mol. The quantitative estimate of drug-likeness (QED) is 0.323. The summed E-state index contributed by atoms with van der Waals surface area (Å²) >= 11 is 0. The van der Waals surface area contributed by atoms with Gasteiger partial charge in [0.05, 0.1) is 0 Å². The first-order valence-electron chi connectivity index (χ1n) is 1.22. The standard InChI is InChI=1S/Na.2O3Si.H3P.Zr.H/c;2*1-4(2)3;;;/h;;;1H3;;/q+1;2*-2;;+4;-1. The van der Waals surface area contributed by atoms with Crippen LogP contribution in [0, 0.1) is 0 Å². The molecule has 0 aromatic heterocycles. The van der Waals surface area contributed by atoms with Crippen molar-refractivity contribution in [2.45, 2.75) is 0 Å². The van der Waals surface area contributed by atoms with E-state index in [-0.39, 0.29) is 67.1 Å². The van der Waals surface area contributed by atoms with Crippen LogP contribution in [0.2, 0.25) is 0 Å². The van der Waals surface area contributed by atoms with Crippen LogP contribution >= 0.6 is 9.90 Å². The summed E-state index contributed by atoms with van der Waals surface area (Å²) in [6.07, 6.45) is 0. The summed E-state index contributed by atoms with van der Waals surface area (Å²) in [4.78, 5) is 34.1. The molecule has 0 saturated heterocycles. The van der Waals surface area contributed by atoms with Crippen molar-refractivity contribution < 1.29 is 85.3 Å². The third kappa shape index (κ3) is 440. The van der Waals surface area contributed by atoms with E-state index in [0.29, 0.717) is 0 Å². The fourth-order valence-corrected chi connectivity index (χ4v) is 0. The van der Waals surface area contributed by atoms with E-state index >= 15 is 0 Å². The average Bonchev–Trinajstić information content (AvgIpc) is 1.25. The summed E-state index contributed by atoms with van der Waals surface area (Å²) in [7, 11) is -7.26. The van der Waals surface area contributed by atoms with Crippen LogP contribution in [-0.2, 0) is 35.1 Å². The molecule has 6 nitrogen and oxygen atoms in total. The van der Waals surface area contributed by atoms with E-state index in [2.05, 4.69) is 0 Å². The Morgan fingerprint density at radius 3 is 0.909 bits per heavy atom. The Kier molecular flexibility index (Phi) is 60.2. The Bertz CT molecular complexity index is 83.5. The van der Waals surface area contributed by atoms with E-state index in [1.54, 1.807) is 0 Å². The minimum Gasteiger partial charge on any atom is -1.00 e. The predicted octanol–water partition coefficient (Wildman–Crippen LogP) is -8.58. The maximum absolute atomic E-state index is 8.52. The fourth-order valence-electron chi connectivity index (χ4n) is 0. The van der Waals surface area contributed by atoms with Crippen LogP contribution in [0.1, 0.15) is 1.43 Å². The summed E-state index contributed by atoms with van der Waals surface area (Å²) in [5.74, 6) is 0. The molecule has 0 amide bonds. The molecule has 0 aliphatic heterocycles. The Balaban J connectivity index is -0.0000000112. The molecule has 0 aliphatic carbocycles. The molecule has 0 rings (SSSR count). The maximum Gasteiger partial charge on any atom is 4.00 e. The molecule has 0 radical (unpaired) electrons. The number of rotatable bonds is 0. The molecule has 1 atom stereocenters. The van der Waals surface area contributed by atoms with Crippen molar-refractivity contribution in [2.75, 3.05) is 0 Å². The predicted molar refractivity (Wildman–Crippen MR) is 25.1 cm³/mol. The SMILES string of the molecule is O=[Si]([O-])[O-].O=[Si]([O-])[O-].P.[H-].[Na+].[Zr+4]. The van der Waals surface area contributed by atoms with Gasteiger partial charge in [-0.1, -0.05) is 0 Å². The second-order valence-electron chi connectivity index (χ2n) is 0.500. The van der Waals surface area contributed by atoms with E-state index in [9.17, 15) is 0 Å². The molecule has 0 aromatic carbocycles. The summed E-state index contributed by atoms with van der Waals surface area (Å²) < 4.78 is 17.0. The Labute approximate surface area is 112 Å². The van der Waals surface area contributed by atoms with Crippen molar-refractivity contribution in [3.63, 3.8) is 0 Å². The Morgan fingerprint density at radius 2 is 0.909 bits per heavy atom. The van der Waals surface area contributed by atoms with Gasteiger partial charge in [-0.15, -0.1) is 0 Å². The summed E-state index contributed by atoms with van der Waals surface area (Å²) in [5, 5.41) is 0. The fraction of sp³-hybridized carbons (Fsp3) is 0. The van der Waals surface area contributed by atoms with E-state index in [4.69, 9.17) is 28.1 Å². The van der Waals surface area contributed by atoms with Crippen molar-refractivity contribution in [3.8, 4) is 0 Å². The van der Waals surface area contributed by atoms with E-state index in [1.807, 2.05) is 0 Å². The van der Waals surface area contributed by atoms with E-state index < -0.39 is 18.3 Å². The average molecular weight is 301 g/mol. The molecule has 0 bridgehead atoms. The normalized spacial score (nSPS) is 4.36. The zero-order chi connectivity index (χ0) is 7.15. The molecule has 0 heterocycles. The molecule has 0 N–H and O–H groups in total. The van der Waals surface area contributed by atoms with Gasteiger partial charge in [-0.2, -0.15) is 9.90 Å². The van der Waals surface area contributed by atoms with Crippen LogP contribution in [0.5, 0.6) is 0 Å². The summed E-state index contributed by atoms with van der Waals surface area (Å²) in [6.45, 7) is 0. The third-order valence-corrected chi connectivity index (χ3v) is 0. The number of hydrogen-bond donors (Lipinski definition) is 0. The van der Waals surface area contributed by atoms with Crippen LogP contribution in [0.3, 0.4) is 0 Å².